The minimum Gasteiger partial charge on any atom is -0.335 e. The molecule has 2 aliphatic carbocycles. The zero-order chi connectivity index (χ0) is 9.26. The number of nitrogens with one attached hydrogen (secondary N) is 2. The molecule has 2 saturated carbocycles. The lowest BCUT2D eigenvalue weighted by Gasteiger charge is -2.12. The van der Waals surface area contributed by atoms with Gasteiger partial charge in [0.05, 0.1) is 0 Å². The van der Waals surface area contributed by atoms with E-state index in [1.165, 1.54) is 12.8 Å². The maximum atomic E-state index is 11.4. The van der Waals surface area contributed by atoms with Crippen LogP contribution in [0.3, 0.4) is 0 Å². The fourth-order valence-electron chi connectivity index (χ4n) is 1.99. The second-order valence-electron chi connectivity index (χ2n) is 4.42. The van der Waals surface area contributed by atoms with Gasteiger partial charge < -0.3 is 10.6 Å². The predicted molar refractivity (Wildman–Crippen MR) is 51.5 cm³/mol. The van der Waals surface area contributed by atoms with Crippen molar-refractivity contribution in [3.63, 3.8) is 0 Å². The first-order valence-corrected chi connectivity index (χ1v) is 5.33. The molecule has 2 N–H and O–H groups in total. The topological polar surface area (TPSA) is 41.1 Å². The van der Waals surface area contributed by atoms with Gasteiger partial charge in [0.25, 0.3) is 0 Å². The van der Waals surface area contributed by atoms with E-state index in [9.17, 15) is 4.79 Å². The highest BCUT2D eigenvalue weighted by molar-refractivity contribution is 5.75. The van der Waals surface area contributed by atoms with E-state index in [2.05, 4.69) is 17.6 Å². The molecular formula is C10H18N2O. The third kappa shape index (κ3) is 2.36. The molecule has 0 bridgehead atoms. The summed E-state index contributed by atoms with van der Waals surface area (Å²) < 4.78 is 0. The second kappa shape index (κ2) is 3.56. The fraction of sp³-hybridized carbons (Fsp3) is 0.900. The Hall–Kier alpha value is -0.730. The van der Waals surface area contributed by atoms with E-state index in [4.69, 9.17) is 0 Å². The predicted octanol–water partition coefficient (Wildman–Crippen LogP) is 1.64. The summed E-state index contributed by atoms with van der Waals surface area (Å²) in [5.74, 6) is 0.689. The molecule has 2 unspecified atom stereocenters. The summed E-state index contributed by atoms with van der Waals surface area (Å²) in [6.07, 6.45) is 6.01. The van der Waals surface area contributed by atoms with Crippen LogP contribution in [0.4, 0.5) is 4.79 Å². The van der Waals surface area contributed by atoms with E-state index in [1.54, 1.807) is 0 Å². The van der Waals surface area contributed by atoms with Crippen LogP contribution < -0.4 is 10.6 Å². The summed E-state index contributed by atoms with van der Waals surface area (Å²) in [6.45, 7) is 2.17. The number of carbonyl (C=O) groups is 1. The average Bonchev–Trinajstić information content (AvgIpc) is 2.61. The Bertz CT molecular complexity index is 199. The van der Waals surface area contributed by atoms with E-state index in [1.807, 2.05) is 0 Å². The van der Waals surface area contributed by atoms with Crippen molar-refractivity contribution in [3.8, 4) is 0 Å². The molecule has 0 saturated heterocycles. The highest BCUT2D eigenvalue weighted by Gasteiger charge is 2.34. The van der Waals surface area contributed by atoms with Gasteiger partial charge in [-0.25, -0.2) is 4.79 Å². The number of rotatable bonds is 2. The van der Waals surface area contributed by atoms with Crippen LogP contribution in [0, 0.1) is 5.92 Å². The van der Waals surface area contributed by atoms with Gasteiger partial charge in [-0.05, 0) is 25.2 Å². The van der Waals surface area contributed by atoms with E-state index in [-0.39, 0.29) is 6.03 Å². The molecule has 0 spiro atoms. The minimum atomic E-state index is 0.0428. The molecule has 0 radical (unpaired) electrons. The standard InChI is InChI=1S/C10H18N2O/c1-7-6-9(7)12-10(13)11-8-4-2-3-5-8/h7-9H,2-6H2,1H3,(H2,11,12,13). The zero-order valence-corrected chi connectivity index (χ0v) is 8.18. The maximum Gasteiger partial charge on any atom is 0.315 e. The van der Waals surface area contributed by atoms with Crippen LogP contribution >= 0.6 is 0 Å². The van der Waals surface area contributed by atoms with E-state index >= 15 is 0 Å². The van der Waals surface area contributed by atoms with Crippen LogP contribution in [-0.2, 0) is 0 Å². The van der Waals surface area contributed by atoms with E-state index < -0.39 is 0 Å². The van der Waals surface area contributed by atoms with Crippen molar-refractivity contribution in [3.05, 3.63) is 0 Å². The van der Waals surface area contributed by atoms with Gasteiger partial charge in [0, 0.05) is 12.1 Å². The molecule has 74 valence electrons. The summed E-state index contributed by atoms with van der Waals surface area (Å²) in [5, 5.41) is 6.00. The largest absolute Gasteiger partial charge is 0.335 e. The summed E-state index contributed by atoms with van der Waals surface area (Å²) in [4.78, 5) is 11.4. The summed E-state index contributed by atoms with van der Waals surface area (Å²) in [7, 11) is 0. The van der Waals surface area contributed by atoms with Crippen molar-refractivity contribution >= 4 is 6.03 Å². The Labute approximate surface area is 79.3 Å². The summed E-state index contributed by atoms with van der Waals surface area (Å²) in [5.41, 5.74) is 0. The van der Waals surface area contributed by atoms with Crippen LogP contribution in [0.15, 0.2) is 0 Å². The number of urea groups is 1. The molecular weight excluding hydrogens is 164 g/mol. The lowest BCUT2D eigenvalue weighted by Crippen LogP contribution is -2.42. The molecule has 13 heavy (non-hydrogen) atoms. The van der Waals surface area contributed by atoms with Gasteiger partial charge in [-0.1, -0.05) is 19.8 Å². The van der Waals surface area contributed by atoms with Crippen molar-refractivity contribution in [1.29, 1.82) is 0 Å². The van der Waals surface area contributed by atoms with Gasteiger partial charge in [0.1, 0.15) is 0 Å². The molecule has 2 aliphatic rings. The Morgan fingerprint density at radius 1 is 1.23 bits per heavy atom. The van der Waals surface area contributed by atoms with Crippen LogP contribution in [0.1, 0.15) is 39.0 Å². The first-order valence-electron chi connectivity index (χ1n) is 5.33. The summed E-state index contributed by atoms with van der Waals surface area (Å²) >= 11 is 0. The number of hydrogen-bond donors (Lipinski definition) is 2. The van der Waals surface area contributed by atoms with Crippen LogP contribution in [-0.4, -0.2) is 18.1 Å². The molecule has 2 rings (SSSR count). The highest BCUT2D eigenvalue weighted by Crippen LogP contribution is 2.28. The number of carbonyl (C=O) groups excluding carboxylic acids is 1. The van der Waals surface area contributed by atoms with Crippen LogP contribution in [0.5, 0.6) is 0 Å². The van der Waals surface area contributed by atoms with Crippen LogP contribution in [0.2, 0.25) is 0 Å². The molecule has 3 heteroatoms. The van der Waals surface area contributed by atoms with Gasteiger partial charge in [0.2, 0.25) is 0 Å². The van der Waals surface area contributed by atoms with Gasteiger partial charge in [-0.2, -0.15) is 0 Å². The minimum absolute atomic E-state index is 0.0428. The molecule has 0 aliphatic heterocycles. The third-order valence-corrected chi connectivity index (χ3v) is 3.12. The molecule has 2 fully saturated rings. The molecule has 2 amide bonds. The normalized spacial score (nSPS) is 33.0. The Balaban J connectivity index is 1.66. The Morgan fingerprint density at radius 2 is 1.85 bits per heavy atom. The van der Waals surface area contributed by atoms with Crippen molar-refractivity contribution in [2.24, 2.45) is 5.92 Å². The molecule has 0 aromatic rings. The zero-order valence-electron chi connectivity index (χ0n) is 8.18. The maximum absolute atomic E-state index is 11.4. The average molecular weight is 182 g/mol. The van der Waals surface area contributed by atoms with Gasteiger partial charge >= 0.3 is 6.03 Å². The SMILES string of the molecule is CC1CC1NC(=O)NC1CCCC1. The second-order valence-corrected chi connectivity index (χ2v) is 4.42. The Morgan fingerprint density at radius 3 is 2.38 bits per heavy atom. The van der Waals surface area contributed by atoms with Crippen molar-refractivity contribution in [2.45, 2.75) is 51.1 Å². The van der Waals surface area contributed by atoms with Gasteiger partial charge in [0.15, 0.2) is 0 Å². The van der Waals surface area contributed by atoms with Crippen molar-refractivity contribution < 1.29 is 4.79 Å². The fourth-order valence-corrected chi connectivity index (χ4v) is 1.99. The number of amides is 2. The first-order chi connectivity index (χ1) is 6.25. The van der Waals surface area contributed by atoms with Gasteiger partial charge in [-0.15, -0.1) is 0 Å². The monoisotopic (exact) mass is 182 g/mol. The van der Waals surface area contributed by atoms with Crippen LogP contribution in [0.25, 0.3) is 0 Å². The van der Waals surface area contributed by atoms with Gasteiger partial charge in [-0.3, -0.25) is 0 Å². The van der Waals surface area contributed by atoms with E-state index in [0.29, 0.717) is 18.0 Å². The summed E-state index contributed by atoms with van der Waals surface area (Å²) in [6, 6.07) is 0.928. The molecule has 0 heterocycles. The molecule has 0 aromatic heterocycles. The molecule has 0 aromatic carbocycles. The number of hydrogen-bond acceptors (Lipinski definition) is 1. The Kier molecular flexibility index (Phi) is 2.42. The van der Waals surface area contributed by atoms with E-state index in [0.717, 1.165) is 19.3 Å². The quantitative estimate of drug-likeness (QED) is 0.669. The lowest BCUT2D eigenvalue weighted by atomic mass is 10.2. The lowest BCUT2D eigenvalue weighted by molar-refractivity contribution is 0.236. The van der Waals surface area contributed by atoms with Crippen molar-refractivity contribution in [1.82, 2.24) is 10.6 Å². The first kappa shape index (κ1) is 8.85. The third-order valence-electron chi connectivity index (χ3n) is 3.12. The highest BCUT2D eigenvalue weighted by atomic mass is 16.2. The molecule has 3 nitrogen and oxygen atoms in total. The smallest absolute Gasteiger partial charge is 0.315 e. The molecule has 2 atom stereocenters. The van der Waals surface area contributed by atoms with Crippen molar-refractivity contribution in [2.75, 3.05) is 0 Å².